The van der Waals surface area contributed by atoms with Crippen LogP contribution in [0.25, 0.3) is 0 Å². The monoisotopic (exact) mass is 146 g/mol. The molecule has 1 unspecified atom stereocenters. The third-order valence-electron chi connectivity index (χ3n) is 1.10. The highest BCUT2D eigenvalue weighted by Gasteiger charge is 2.23. The van der Waals surface area contributed by atoms with Crippen LogP contribution >= 0.6 is 11.8 Å². The van der Waals surface area contributed by atoms with Crippen molar-refractivity contribution in [3.05, 3.63) is 0 Å². The van der Waals surface area contributed by atoms with Gasteiger partial charge in [0.15, 0.2) is 0 Å². The molecule has 1 aliphatic rings. The van der Waals surface area contributed by atoms with Crippen molar-refractivity contribution in [1.82, 2.24) is 0 Å². The Morgan fingerprint density at radius 3 is 3.22 bits per heavy atom. The van der Waals surface area contributed by atoms with Gasteiger partial charge in [-0.25, -0.2) is 4.79 Å². The molecule has 1 N–H and O–H groups in total. The lowest BCUT2D eigenvalue weighted by molar-refractivity contribution is 0.152. The van der Waals surface area contributed by atoms with Crippen LogP contribution in [0.5, 0.6) is 0 Å². The molecule has 1 fully saturated rings. The van der Waals surface area contributed by atoms with E-state index in [0.717, 1.165) is 0 Å². The molecule has 1 saturated heterocycles. The Morgan fingerprint density at radius 1 is 2.00 bits per heavy atom. The SMILES string of the molecule is O=C1OC(CBO)CS1. The van der Waals surface area contributed by atoms with E-state index in [4.69, 9.17) is 9.76 Å². The average Bonchev–Trinajstić information content (AvgIpc) is 2.17. The molecule has 50 valence electrons. The maximum Gasteiger partial charge on any atom is 0.367 e. The largest absolute Gasteiger partial charge is 0.454 e. The quantitative estimate of drug-likeness (QED) is 0.440. The maximum atomic E-state index is 10.4. The fraction of sp³-hybridized carbons (Fsp3) is 0.750. The second kappa shape index (κ2) is 3.13. The fourth-order valence-electron chi connectivity index (χ4n) is 0.651. The van der Waals surface area contributed by atoms with E-state index in [1.54, 1.807) is 0 Å². The molecule has 0 radical (unpaired) electrons. The standard InChI is InChI=1S/C4H7BO3S/c6-4-8-3(1-5-7)2-9-4/h3,5,7H,1-2H2. The van der Waals surface area contributed by atoms with Crippen LogP contribution in [0.3, 0.4) is 0 Å². The first-order valence-electron chi connectivity index (χ1n) is 2.77. The zero-order valence-corrected chi connectivity index (χ0v) is 5.69. The molecule has 1 heterocycles. The molecule has 0 saturated carbocycles. The number of ether oxygens (including phenoxy) is 1. The summed E-state index contributed by atoms with van der Waals surface area (Å²) in [6.45, 7) is 0. The second-order valence-corrected chi connectivity index (χ2v) is 2.77. The Hall–Kier alpha value is -0.155. The van der Waals surface area contributed by atoms with Crippen LogP contribution in [0.4, 0.5) is 4.79 Å². The van der Waals surface area contributed by atoms with Crippen molar-refractivity contribution in [1.29, 1.82) is 0 Å². The van der Waals surface area contributed by atoms with E-state index in [-0.39, 0.29) is 18.9 Å². The number of cyclic esters (lactones) is 1. The molecule has 5 heteroatoms. The Labute approximate surface area is 58.0 Å². The summed E-state index contributed by atoms with van der Waals surface area (Å²) in [6, 6.07) is 0. The summed E-state index contributed by atoms with van der Waals surface area (Å²) >= 11 is 1.17. The van der Waals surface area contributed by atoms with Gasteiger partial charge in [0.25, 0.3) is 7.48 Å². The minimum Gasteiger partial charge on any atom is -0.454 e. The molecule has 1 atom stereocenters. The van der Waals surface area contributed by atoms with E-state index in [1.807, 2.05) is 0 Å². The predicted octanol–water partition coefficient (Wildman–Crippen LogP) is 0.000500. The Kier molecular flexibility index (Phi) is 2.42. The summed E-state index contributed by atoms with van der Waals surface area (Å²) in [5, 5.41) is 8.20. The molecule has 0 spiro atoms. The first kappa shape index (κ1) is 6.96. The summed E-state index contributed by atoms with van der Waals surface area (Å²) < 4.78 is 4.77. The molecule has 0 aromatic rings. The lowest BCUT2D eigenvalue weighted by Crippen LogP contribution is -2.11. The topological polar surface area (TPSA) is 46.5 Å². The molecular formula is C4H7BO3S. The van der Waals surface area contributed by atoms with Gasteiger partial charge in [0.2, 0.25) is 0 Å². The number of carbonyl (C=O) groups excluding carboxylic acids is 1. The molecule has 1 rings (SSSR count). The minimum absolute atomic E-state index is 0.0486. The fourth-order valence-corrected chi connectivity index (χ4v) is 1.41. The van der Waals surface area contributed by atoms with Crippen LogP contribution in [0.15, 0.2) is 0 Å². The predicted molar refractivity (Wildman–Crippen MR) is 36.9 cm³/mol. The molecule has 9 heavy (non-hydrogen) atoms. The molecule has 1 aliphatic heterocycles. The van der Waals surface area contributed by atoms with Crippen LogP contribution in [0.2, 0.25) is 6.32 Å². The van der Waals surface area contributed by atoms with E-state index in [2.05, 4.69) is 0 Å². The number of carbonyl (C=O) groups is 1. The van der Waals surface area contributed by atoms with E-state index < -0.39 is 0 Å². The summed E-state index contributed by atoms with van der Waals surface area (Å²) in [6.07, 6.45) is 0.520. The summed E-state index contributed by atoms with van der Waals surface area (Å²) in [7, 11) is 0.0957. The first-order chi connectivity index (χ1) is 4.33. The van der Waals surface area contributed by atoms with Gasteiger partial charge in [0.05, 0.1) is 0 Å². The van der Waals surface area contributed by atoms with Crippen molar-refractivity contribution in [3.8, 4) is 0 Å². The van der Waals surface area contributed by atoms with E-state index >= 15 is 0 Å². The minimum atomic E-state index is -0.214. The van der Waals surface area contributed by atoms with Crippen molar-refractivity contribution in [2.45, 2.75) is 12.4 Å². The van der Waals surface area contributed by atoms with Gasteiger partial charge < -0.3 is 9.76 Å². The summed E-state index contributed by atoms with van der Waals surface area (Å²) in [4.78, 5) is 10.4. The molecule has 0 aromatic carbocycles. The van der Waals surface area contributed by atoms with E-state index in [1.165, 1.54) is 11.8 Å². The highest BCUT2D eigenvalue weighted by molar-refractivity contribution is 8.13. The Bertz CT molecular complexity index is 118. The first-order valence-corrected chi connectivity index (χ1v) is 3.76. The zero-order chi connectivity index (χ0) is 6.69. The molecule has 0 aliphatic carbocycles. The van der Waals surface area contributed by atoms with Crippen molar-refractivity contribution < 1.29 is 14.6 Å². The van der Waals surface area contributed by atoms with Gasteiger partial charge in [-0.2, -0.15) is 0 Å². The molecule has 0 amide bonds. The lowest BCUT2D eigenvalue weighted by atomic mass is 9.92. The Morgan fingerprint density at radius 2 is 2.78 bits per heavy atom. The van der Waals surface area contributed by atoms with Gasteiger partial charge in [-0.05, 0) is 18.1 Å². The number of thioether (sulfide) groups is 1. The normalized spacial score (nSPS) is 25.9. The Balaban J connectivity index is 2.22. The van der Waals surface area contributed by atoms with Crippen LogP contribution in [0.1, 0.15) is 0 Å². The third kappa shape index (κ3) is 1.91. The number of rotatable bonds is 2. The third-order valence-corrected chi connectivity index (χ3v) is 1.97. The van der Waals surface area contributed by atoms with Gasteiger partial charge in [0, 0.05) is 5.75 Å². The highest BCUT2D eigenvalue weighted by Crippen LogP contribution is 2.21. The summed E-state index contributed by atoms with van der Waals surface area (Å²) in [5.41, 5.74) is 0. The lowest BCUT2D eigenvalue weighted by Gasteiger charge is -2.02. The maximum absolute atomic E-state index is 10.4. The van der Waals surface area contributed by atoms with Crippen LogP contribution < -0.4 is 0 Å². The van der Waals surface area contributed by atoms with Gasteiger partial charge in [-0.3, -0.25) is 0 Å². The summed E-state index contributed by atoms with van der Waals surface area (Å²) in [5.74, 6) is 0.694. The molecule has 0 bridgehead atoms. The van der Waals surface area contributed by atoms with Gasteiger partial charge in [-0.1, -0.05) is 0 Å². The van der Waals surface area contributed by atoms with E-state index in [0.29, 0.717) is 12.1 Å². The van der Waals surface area contributed by atoms with Crippen LogP contribution in [-0.4, -0.2) is 29.7 Å². The highest BCUT2D eigenvalue weighted by atomic mass is 32.2. The smallest absolute Gasteiger partial charge is 0.367 e. The van der Waals surface area contributed by atoms with Crippen LogP contribution in [0, 0.1) is 0 Å². The van der Waals surface area contributed by atoms with Crippen molar-refractivity contribution in [3.63, 3.8) is 0 Å². The van der Waals surface area contributed by atoms with Crippen molar-refractivity contribution >= 4 is 24.5 Å². The second-order valence-electron chi connectivity index (χ2n) is 1.81. The van der Waals surface area contributed by atoms with Crippen LogP contribution in [-0.2, 0) is 4.74 Å². The zero-order valence-electron chi connectivity index (χ0n) is 4.87. The van der Waals surface area contributed by atoms with Gasteiger partial charge in [0.1, 0.15) is 6.10 Å². The molecular weight excluding hydrogens is 139 g/mol. The average molecular weight is 146 g/mol. The number of hydrogen-bond donors (Lipinski definition) is 1. The number of hydrogen-bond acceptors (Lipinski definition) is 4. The molecule has 3 nitrogen and oxygen atoms in total. The van der Waals surface area contributed by atoms with Gasteiger partial charge in [-0.15, -0.1) is 0 Å². The van der Waals surface area contributed by atoms with Gasteiger partial charge >= 0.3 is 5.30 Å². The molecule has 0 aromatic heterocycles. The van der Waals surface area contributed by atoms with Crippen molar-refractivity contribution in [2.75, 3.05) is 5.75 Å². The van der Waals surface area contributed by atoms with E-state index in [9.17, 15) is 4.79 Å². The van der Waals surface area contributed by atoms with Crippen molar-refractivity contribution in [2.24, 2.45) is 0 Å².